The van der Waals surface area contributed by atoms with Crippen LogP contribution in [0.25, 0.3) is 0 Å². The molecule has 0 atom stereocenters. The number of benzene rings is 2. The zero-order valence-electron chi connectivity index (χ0n) is 15.5. The zero-order valence-corrected chi connectivity index (χ0v) is 16.3. The van der Waals surface area contributed by atoms with E-state index in [4.69, 9.17) is 4.74 Å². The fourth-order valence-corrected chi connectivity index (χ4v) is 3.27. The molecule has 1 N–H and O–H groups in total. The SMILES string of the molecule is Cc1ccc(COc2ccc(/C=N/NC(=O)c3sc(C)nc3C)cc2)cc1. The van der Waals surface area contributed by atoms with Crippen molar-refractivity contribution >= 4 is 23.5 Å². The molecule has 3 aromatic rings. The number of aromatic nitrogens is 1. The molecule has 2 aromatic carbocycles. The van der Waals surface area contributed by atoms with Gasteiger partial charge in [-0.15, -0.1) is 11.3 Å². The minimum absolute atomic E-state index is 0.243. The molecular weight excluding hydrogens is 358 g/mol. The van der Waals surface area contributed by atoms with Crippen molar-refractivity contribution in [3.8, 4) is 5.75 Å². The molecule has 0 spiro atoms. The van der Waals surface area contributed by atoms with Gasteiger partial charge in [-0.3, -0.25) is 4.79 Å². The van der Waals surface area contributed by atoms with E-state index >= 15 is 0 Å². The summed E-state index contributed by atoms with van der Waals surface area (Å²) in [4.78, 5) is 16.9. The molecular formula is C21H21N3O2S. The van der Waals surface area contributed by atoms with Gasteiger partial charge in [-0.1, -0.05) is 29.8 Å². The van der Waals surface area contributed by atoms with Crippen LogP contribution < -0.4 is 10.2 Å². The van der Waals surface area contributed by atoms with Crippen LogP contribution >= 0.6 is 11.3 Å². The Balaban J connectivity index is 1.52. The second-order valence-electron chi connectivity index (χ2n) is 6.19. The smallest absolute Gasteiger partial charge is 0.283 e. The van der Waals surface area contributed by atoms with E-state index in [-0.39, 0.29) is 5.91 Å². The molecule has 27 heavy (non-hydrogen) atoms. The van der Waals surface area contributed by atoms with Crippen LogP contribution in [0.2, 0.25) is 0 Å². The van der Waals surface area contributed by atoms with Crippen LogP contribution in [0.5, 0.6) is 5.75 Å². The summed E-state index contributed by atoms with van der Waals surface area (Å²) in [6.07, 6.45) is 1.60. The predicted octanol–water partition coefficient (Wildman–Crippen LogP) is 4.41. The van der Waals surface area contributed by atoms with E-state index in [1.165, 1.54) is 16.9 Å². The summed E-state index contributed by atoms with van der Waals surface area (Å²) in [5.74, 6) is 0.542. The molecule has 0 saturated heterocycles. The number of ether oxygens (including phenoxy) is 1. The number of amides is 1. The summed E-state index contributed by atoms with van der Waals surface area (Å²) in [6.45, 7) is 6.28. The molecule has 1 aromatic heterocycles. The molecule has 1 amide bonds. The van der Waals surface area contributed by atoms with Crippen LogP contribution in [0.15, 0.2) is 53.6 Å². The van der Waals surface area contributed by atoms with E-state index in [1.54, 1.807) is 6.21 Å². The van der Waals surface area contributed by atoms with Crippen molar-refractivity contribution in [2.45, 2.75) is 27.4 Å². The van der Waals surface area contributed by atoms with Crippen LogP contribution in [0.1, 0.15) is 37.1 Å². The van der Waals surface area contributed by atoms with Crippen molar-refractivity contribution in [1.82, 2.24) is 10.4 Å². The first-order valence-corrected chi connectivity index (χ1v) is 9.39. The topological polar surface area (TPSA) is 63.6 Å². The monoisotopic (exact) mass is 379 g/mol. The largest absolute Gasteiger partial charge is 0.489 e. The number of nitrogens with one attached hydrogen (secondary N) is 1. The third-order valence-electron chi connectivity index (χ3n) is 3.90. The van der Waals surface area contributed by atoms with Crippen molar-refractivity contribution in [3.05, 3.63) is 80.8 Å². The Morgan fingerprint density at radius 3 is 2.44 bits per heavy atom. The average Bonchev–Trinajstić information content (AvgIpc) is 3.00. The molecule has 0 radical (unpaired) electrons. The van der Waals surface area contributed by atoms with Crippen molar-refractivity contribution in [2.75, 3.05) is 0 Å². The maximum absolute atomic E-state index is 12.1. The molecule has 0 unspecified atom stereocenters. The standard InChI is InChI=1S/C21H21N3O2S/c1-14-4-6-18(7-5-14)13-26-19-10-8-17(9-11-19)12-22-24-21(25)20-15(2)23-16(3)27-20/h4-12H,13H2,1-3H3,(H,24,25)/b22-12+. The first-order chi connectivity index (χ1) is 13.0. The Labute approximate surface area is 162 Å². The highest BCUT2D eigenvalue weighted by Crippen LogP contribution is 2.17. The molecule has 0 aliphatic rings. The highest BCUT2D eigenvalue weighted by molar-refractivity contribution is 7.13. The van der Waals surface area contributed by atoms with Gasteiger partial charge in [-0.2, -0.15) is 5.10 Å². The number of thiazole rings is 1. The second-order valence-corrected chi connectivity index (χ2v) is 7.39. The molecule has 3 rings (SSSR count). The van der Waals surface area contributed by atoms with Crippen LogP contribution in [-0.2, 0) is 6.61 Å². The molecule has 138 valence electrons. The van der Waals surface area contributed by atoms with Gasteiger partial charge >= 0.3 is 0 Å². The van der Waals surface area contributed by atoms with E-state index in [0.717, 1.165) is 27.6 Å². The molecule has 0 aliphatic heterocycles. The quantitative estimate of drug-likeness (QED) is 0.510. The number of rotatable bonds is 6. The Bertz CT molecular complexity index is 945. The number of hydrazone groups is 1. The Hall–Kier alpha value is -2.99. The normalized spacial score (nSPS) is 10.9. The predicted molar refractivity (Wildman–Crippen MR) is 109 cm³/mol. The molecule has 6 heteroatoms. The van der Waals surface area contributed by atoms with Crippen molar-refractivity contribution in [1.29, 1.82) is 0 Å². The van der Waals surface area contributed by atoms with Gasteiger partial charge in [0.25, 0.3) is 5.91 Å². The van der Waals surface area contributed by atoms with Gasteiger partial charge in [-0.05, 0) is 56.2 Å². The van der Waals surface area contributed by atoms with Crippen molar-refractivity contribution in [2.24, 2.45) is 5.10 Å². The van der Waals surface area contributed by atoms with Gasteiger partial charge in [-0.25, -0.2) is 10.4 Å². The van der Waals surface area contributed by atoms with E-state index in [0.29, 0.717) is 11.5 Å². The van der Waals surface area contributed by atoms with Gasteiger partial charge < -0.3 is 4.74 Å². The summed E-state index contributed by atoms with van der Waals surface area (Å²) in [5, 5.41) is 4.88. The number of nitrogens with zero attached hydrogens (tertiary/aromatic N) is 2. The summed E-state index contributed by atoms with van der Waals surface area (Å²) >= 11 is 1.36. The van der Waals surface area contributed by atoms with Crippen LogP contribution in [0.3, 0.4) is 0 Å². The molecule has 0 fully saturated rings. The minimum atomic E-state index is -0.243. The van der Waals surface area contributed by atoms with Gasteiger partial charge in [0.15, 0.2) is 0 Å². The molecule has 5 nitrogen and oxygen atoms in total. The van der Waals surface area contributed by atoms with E-state index < -0.39 is 0 Å². The molecule has 0 aliphatic carbocycles. The van der Waals surface area contributed by atoms with E-state index in [2.05, 4.69) is 46.7 Å². The third kappa shape index (κ3) is 5.24. The van der Waals surface area contributed by atoms with Crippen LogP contribution in [-0.4, -0.2) is 17.1 Å². The highest BCUT2D eigenvalue weighted by atomic mass is 32.1. The lowest BCUT2D eigenvalue weighted by molar-refractivity contribution is 0.0958. The number of carbonyl (C=O) groups is 1. The number of hydrogen-bond donors (Lipinski definition) is 1. The average molecular weight is 379 g/mol. The fraction of sp³-hybridized carbons (Fsp3) is 0.190. The highest BCUT2D eigenvalue weighted by Gasteiger charge is 2.12. The first-order valence-electron chi connectivity index (χ1n) is 8.57. The van der Waals surface area contributed by atoms with Crippen molar-refractivity contribution < 1.29 is 9.53 Å². The van der Waals surface area contributed by atoms with Crippen LogP contribution in [0, 0.1) is 20.8 Å². The van der Waals surface area contributed by atoms with E-state index in [1.807, 2.05) is 38.1 Å². The summed E-state index contributed by atoms with van der Waals surface area (Å²) in [7, 11) is 0. The molecule has 0 bridgehead atoms. The zero-order chi connectivity index (χ0) is 19.2. The number of carbonyl (C=O) groups excluding carboxylic acids is 1. The maximum Gasteiger partial charge on any atom is 0.283 e. The summed E-state index contributed by atoms with van der Waals surface area (Å²) in [5.41, 5.74) is 6.49. The maximum atomic E-state index is 12.1. The summed E-state index contributed by atoms with van der Waals surface area (Å²) < 4.78 is 5.78. The van der Waals surface area contributed by atoms with Crippen LogP contribution in [0.4, 0.5) is 0 Å². The summed E-state index contributed by atoms with van der Waals surface area (Å²) in [6, 6.07) is 15.8. The number of aryl methyl sites for hydroxylation is 3. The number of hydrogen-bond acceptors (Lipinski definition) is 5. The Morgan fingerprint density at radius 1 is 1.11 bits per heavy atom. The lowest BCUT2D eigenvalue weighted by Gasteiger charge is -2.06. The van der Waals surface area contributed by atoms with Gasteiger partial charge in [0.05, 0.1) is 16.9 Å². The lowest BCUT2D eigenvalue weighted by atomic mass is 10.2. The van der Waals surface area contributed by atoms with Gasteiger partial charge in [0.2, 0.25) is 0 Å². The molecule has 0 saturated carbocycles. The Morgan fingerprint density at radius 2 is 1.81 bits per heavy atom. The third-order valence-corrected chi connectivity index (χ3v) is 4.97. The van der Waals surface area contributed by atoms with Crippen molar-refractivity contribution in [3.63, 3.8) is 0 Å². The fourth-order valence-electron chi connectivity index (χ4n) is 2.46. The van der Waals surface area contributed by atoms with E-state index in [9.17, 15) is 4.79 Å². The second kappa shape index (κ2) is 8.60. The van der Waals surface area contributed by atoms with Gasteiger partial charge in [0.1, 0.15) is 17.2 Å². The van der Waals surface area contributed by atoms with Gasteiger partial charge in [0, 0.05) is 0 Å². The Kier molecular flexibility index (Phi) is 5.98. The molecule has 1 heterocycles. The minimum Gasteiger partial charge on any atom is -0.489 e. The lowest BCUT2D eigenvalue weighted by Crippen LogP contribution is -2.17. The first kappa shape index (κ1) is 18.8.